The van der Waals surface area contributed by atoms with E-state index in [0.29, 0.717) is 15.7 Å². The number of phenols is 1. The van der Waals surface area contributed by atoms with E-state index in [0.717, 1.165) is 0 Å². The first-order chi connectivity index (χ1) is 10.6. The fourth-order valence-corrected chi connectivity index (χ4v) is 1.93. The Balaban J connectivity index is 1.94. The second-order valence-corrected chi connectivity index (χ2v) is 5.05. The molecule has 22 heavy (non-hydrogen) atoms. The number of amides is 2. The van der Waals surface area contributed by atoms with Crippen molar-refractivity contribution < 1.29 is 14.7 Å². The van der Waals surface area contributed by atoms with Gasteiger partial charge in [-0.15, -0.1) is 0 Å². The van der Waals surface area contributed by atoms with Crippen LogP contribution in [0, 0.1) is 0 Å². The Morgan fingerprint density at radius 3 is 2.45 bits per heavy atom. The maximum Gasteiger partial charge on any atom is 0.329 e. The summed E-state index contributed by atoms with van der Waals surface area (Å²) >= 11 is 3.26. The van der Waals surface area contributed by atoms with Gasteiger partial charge in [0.05, 0.1) is 11.9 Å². The zero-order valence-electron chi connectivity index (χ0n) is 11.3. The van der Waals surface area contributed by atoms with Crippen LogP contribution >= 0.6 is 15.9 Å². The van der Waals surface area contributed by atoms with E-state index < -0.39 is 11.8 Å². The molecule has 7 heteroatoms. The van der Waals surface area contributed by atoms with E-state index in [1.807, 2.05) is 0 Å². The van der Waals surface area contributed by atoms with Crippen LogP contribution < -0.4 is 10.7 Å². The Hall–Kier alpha value is -2.67. The lowest BCUT2D eigenvalue weighted by atomic mass is 10.2. The van der Waals surface area contributed by atoms with E-state index in [1.165, 1.54) is 12.3 Å². The van der Waals surface area contributed by atoms with Crippen molar-refractivity contribution in [2.45, 2.75) is 0 Å². The highest BCUT2D eigenvalue weighted by Gasteiger charge is 2.13. The number of hydrazone groups is 1. The van der Waals surface area contributed by atoms with Gasteiger partial charge in [0.15, 0.2) is 0 Å². The average molecular weight is 362 g/mol. The number of anilines is 1. The number of aromatic hydroxyl groups is 1. The molecule has 112 valence electrons. The summed E-state index contributed by atoms with van der Waals surface area (Å²) in [5.74, 6) is -1.73. The van der Waals surface area contributed by atoms with Gasteiger partial charge >= 0.3 is 11.8 Å². The molecule has 0 heterocycles. The zero-order valence-corrected chi connectivity index (χ0v) is 12.9. The zero-order chi connectivity index (χ0) is 15.9. The van der Waals surface area contributed by atoms with E-state index in [-0.39, 0.29) is 5.75 Å². The Labute approximate surface area is 135 Å². The Kier molecular flexibility index (Phi) is 5.26. The summed E-state index contributed by atoms with van der Waals surface area (Å²) in [5.41, 5.74) is 2.99. The summed E-state index contributed by atoms with van der Waals surface area (Å²) < 4.78 is 0.661. The SMILES string of the molecule is O=C(N/N=C\c1ccccc1O)C(=O)Nc1ccccc1Br. The molecule has 0 atom stereocenters. The Bertz CT molecular complexity index is 731. The molecule has 0 aliphatic rings. The highest BCUT2D eigenvalue weighted by atomic mass is 79.9. The maximum atomic E-state index is 11.7. The maximum absolute atomic E-state index is 11.7. The standard InChI is InChI=1S/C15H12BrN3O3/c16-11-6-2-3-7-12(11)18-14(21)15(22)19-17-9-10-5-1-4-8-13(10)20/h1-9,20H,(H,18,21)(H,19,22)/b17-9-. The molecular weight excluding hydrogens is 350 g/mol. The number of nitrogens with one attached hydrogen (secondary N) is 2. The molecule has 0 saturated carbocycles. The molecule has 2 aromatic carbocycles. The van der Waals surface area contributed by atoms with Crippen molar-refractivity contribution in [1.29, 1.82) is 0 Å². The molecule has 0 unspecified atom stereocenters. The van der Waals surface area contributed by atoms with Crippen molar-refractivity contribution in [1.82, 2.24) is 5.43 Å². The number of carbonyl (C=O) groups excluding carboxylic acids is 2. The molecule has 0 saturated heterocycles. The largest absolute Gasteiger partial charge is 0.507 e. The number of rotatable bonds is 3. The van der Waals surface area contributed by atoms with E-state index in [1.54, 1.807) is 42.5 Å². The first-order valence-electron chi connectivity index (χ1n) is 6.25. The quantitative estimate of drug-likeness (QED) is 0.444. The minimum Gasteiger partial charge on any atom is -0.507 e. The van der Waals surface area contributed by atoms with Crippen molar-refractivity contribution in [2.75, 3.05) is 5.32 Å². The lowest BCUT2D eigenvalue weighted by molar-refractivity contribution is -0.136. The molecule has 0 fully saturated rings. The van der Waals surface area contributed by atoms with Crippen LogP contribution in [0.15, 0.2) is 58.1 Å². The number of hydrogen-bond acceptors (Lipinski definition) is 4. The smallest absolute Gasteiger partial charge is 0.329 e. The molecule has 0 aliphatic carbocycles. The molecule has 0 aliphatic heterocycles. The Morgan fingerprint density at radius 1 is 1.05 bits per heavy atom. The highest BCUT2D eigenvalue weighted by Crippen LogP contribution is 2.20. The molecule has 6 nitrogen and oxygen atoms in total. The fraction of sp³-hybridized carbons (Fsp3) is 0. The fourth-order valence-electron chi connectivity index (χ4n) is 1.55. The van der Waals surface area contributed by atoms with Crippen LogP contribution in [0.3, 0.4) is 0 Å². The third-order valence-electron chi connectivity index (χ3n) is 2.63. The normalized spacial score (nSPS) is 10.4. The molecular formula is C15H12BrN3O3. The third-order valence-corrected chi connectivity index (χ3v) is 3.33. The van der Waals surface area contributed by atoms with Crippen LogP contribution in [-0.2, 0) is 9.59 Å². The molecule has 0 aromatic heterocycles. The van der Waals surface area contributed by atoms with Crippen molar-refractivity contribution in [3.63, 3.8) is 0 Å². The predicted octanol–water partition coefficient (Wildman–Crippen LogP) is 2.24. The van der Waals surface area contributed by atoms with Crippen molar-refractivity contribution in [3.8, 4) is 5.75 Å². The molecule has 0 bridgehead atoms. The van der Waals surface area contributed by atoms with E-state index in [9.17, 15) is 14.7 Å². The summed E-state index contributed by atoms with van der Waals surface area (Å²) in [5, 5.41) is 15.6. The van der Waals surface area contributed by atoms with Gasteiger partial charge in [0.1, 0.15) is 5.75 Å². The molecule has 0 spiro atoms. The summed E-state index contributed by atoms with van der Waals surface area (Å²) in [7, 11) is 0. The number of hydrogen-bond donors (Lipinski definition) is 3. The van der Waals surface area contributed by atoms with Gasteiger partial charge in [0.25, 0.3) is 0 Å². The van der Waals surface area contributed by atoms with Crippen LogP contribution in [0.1, 0.15) is 5.56 Å². The van der Waals surface area contributed by atoms with Crippen LogP contribution in [0.4, 0.5) is 5.69 Å². The number of carbonyl (C=O) groups is 2. The average Bonchev–Trinajstić information content (AvgIpc) is 2.51. The van der Waals surface area contributed by atoms with Crippen LogP contribution in [0.25, 0.3) is 0 Å². The van der Waals surface area contributed by atoms with Gasteiger partial charge in [-0.1, -0.05) is 24.3 Å². The predicted molar refractivity (Wildman–Crippen MR) is 86.6 cm³/mol. The molecule has 0 radical (unpaired) electrons. The molecule has 3 N–H and O–H groups in total. The van der Waals surface area contributed by atoms with Crippen molar-refractivity contribution in [2.24, 2.45) is 5.10 Å². The number of phenolic OH excluding ortho intramolecular Hbond substituents is 1. The number of para-hydroxylation sites is 2. The second kappa shape index (κ2) is 7.37. The third kappa shape index (κ3) is 4.16. The van der Waals surface area contributed by atoms with Crippen molar-refractivity contribution in [3.05, 3.63) is 58.6 Å². The lowest BCUT2D eigenvalue weighted by Gasteiger charge is -2.05. The van der Waals surface area contributed by atoms with Gasteiger partial charge in [-0.05, 0) is 40.2 Å². The summed E-state index contributed by atoms with van der Waals surface area (Å²) in [4.78, 5) is 23.3. The topological polar surface area (TPSA) is 90.8 Å². The highest BCUT2D eigenvalue weighted by molar-refractivity contribution is 9.10. The summed E-state index contributed by atoms with van der Waals surface area (Å²) in [6.45, 7) is 0. The first kappa shape index (κ1) is 15.7. The van der Waals surface area contributed by atoms with Crippen LogP contribution in [0.5, 0.6) is 5.75 Å². The van der Waals surface area contributed by atoms with Crippen molar-refractivity contribution >= 4 is 39.6 Å². The molecule has 2 amide bonds. The van der Waals surface area contributed by atoms with Gasteiger partial charge in [0, 0.05) is 10.0 Å². The minimum absolute atomic E-state index is 0.0261. The monoisotopic (exact) mass is 361 g/mol. The van der Waals surface area contributed by atoms with Gasteiger partial charge in [-0.3, -0.25) is 9.59 Å². The van der Waals surface area contributed by atoms with Crippen LogP contribution in [-0.4, -0.2) is 23.1 Å². The summed E-state index contributed by atoms with van der Waals surface area (Å²) in [6.07, 6.45) is 1.25. The number of halogens is 1. The van der Waals surface area contributed by atoms with E-state index in [4.69, 9.17) is 0 Å². The van der Waals surface area contributed by atoms with Gasteiger partial charge < -0.3 is 10.4 Å². The van der Waals surface area contributed by atoms with E-state index >= 15 is 0 Å². The van der Waals surface area contributed by atoms with Gasteiger partial charge in [-0.25, -0.2) is 5.43 Å². The molecule has 2 rings (SSSR count). The number of nitrogens with zero attached hydrogens (tertiary/aromatic N) is 1. The molecule has 2 aromatic rings. The first-order valence-corrected chi connectivity index (χ1v) is 7.04. The Morgan fingerprint density at radius 2 is 1.73 bits per heavy atom. The number of benzene rings is 2. The second-order valence-electron chi connectivity index (χ2n) is 4.19. The van der Waals surface area contributed by atoms with Crippen LogP contribution in [0.2, 0.25) is 0 Å². The van der Waals surface area contributed by atoms with Gasteiger partial charge in [0.2, 0.25) is 0 Å². The van der Waals surface area contributed by atoms with Gasteiger partial charge in [-0.2, -0.15) is 5.10 Å². The van der Waals surface area contributed by atoms with E-state index in [2.05, 4.69) is 31.8 Å². The minimum atomic E-state index is -0.914. The lowest BCUT2D eigenvalue weighted by Crippen LogP contribution is -2.32. The summed E-state index contributed by atoms with van der Waals surface area (Å²) in [6, 6.07) is 13.4.